The lowest BCUT2D eigenvalue weighted by Gasteiger charge is -2.10. The van der Waals surface area contributed by atoms with Crippen LogP contribution in [-0.2, 0) is 13.0 Å². The molecule has 0 radical (unpaired) electrons. The van der Waals surface area contributed by atoms with Gasteiger partial charge in [0.15, 0.2) is 5.58 Å². The Kier molecular flexibility index (Phi) is 6.07. The van der Waals surface area contributed by atoms with Crippen LogP contribution in [0.15, 0.2) is 69.7 Å². The Morgan fingerprint density at radius 2 is 1.82 bits per heavy atom. The second kappa shape index (κ2) is 9.62. The zero-order chi connectivity index (χ0) is 23.3. The number of aryl methyl sites for hydroxylation is 1. The minimum Gasteiger partial charge on any atom is -0.467 e. The van der Waals surface area contributed by atoms with E-state index >= 15 is 0 Å². The predicted octanol–water partition coefficient (Wildman–Crippen LogP) is 5.59. The van der Waals surface area contributed by atoms with Crippen LogP contribution in [0.2, 0.25) is 0 Å². The van der Waals surface area contributed by atoms with E-state index < -0.39 is 0 Å². The summed E-state index contributed by atoms with van der Waals surface area (Å²) in [7, 11) is 0. The molecule has 0 aliphatic rings. The van der Waals surface area contributed by atoms with E-state index in [0.29, 0.717) is 30.9 Å². The molecular formula is C25H24N6O3. The van der Waals surface area contributed by atoms with Crippen molar-refractivity contribution < 1.29 is 13.6 Å². The molecule has 0 saturated carbocycles. The Labute approximate surface area is 196 Å². The highest BCUT2D eigenvalue weighted by atomic mass is 16.5. The normalized spacial score (nSPS) is 11.0. The van der Waals surface area contributed by atoms with Crippen molar-refractivity contribution in [1.82, 2.24) is 19.9 Å². The van der Waals surface area contributed by atoms with Crippen molar-refractivity contribution in [3.8, 4) is 17.5 Å². The molecule has 0 aliphatic heterocycles. The van der Waals surface area contributed by atoms with E-state index in [1.165, 1.54) is 5.56 Å². The van der Waals surface area contributed by atoms with E-state index in [9.17, 15) is 0 Å². The highest BCUT2D eigenvalue weighted by molar-refractivity contribution is 5.77. The summed E-state index contributed by atoms with van der Waals surface area (Å²) in [5.74, 6) is 2.05. The number of aromatic nitrogens is 4. The number of ether oxygens (including phenoxy) is 1. The number of fused-ring (bicyclic) bond motifs is 1. The summed E-state index contributed by atoms with van der Waals surface area (Å²) in [6, 6.07) is 17.7. The average molecular weight is 457 g/mol. The summed E-state index contributed by atoms with van der Waals surface area (Å²) in [6.45, 7) is 4.87. The van der Waals surface area contributed by atoms with Gasteiger partial charge in [0.05, 0.1) is 19.4 Å². The SMILES string of the molecule is CCOc1nc(NCc2ccco2)nc(Nc2cccc(-c3nc4cc(CC)ccc4o3)c2)n1. The van der Waals surface area contributed by atoms with Gasteiger partial charge in [0, 0.05) is 11.3 Å². The topological polar surface area (TPSA) is 111 Å². The van der Waals surface area contributed by atoms with Crippen molar-refractivity contribution >= 4 is 28.7 Å². The van der Waals surface area contributed by atoms with Crippen LogP contribution in [-0.4, -0.2) is 26.5 Å². The number of anilines is 3. The van der Waals surface area contributed by atoms with Crippen LogP contribution in [0.4, 0.5) is 17.6 Å². The maximum Gasteiger partial charge on any atom is 0.323 e. The fourth-order valence-electron chi connectivity index (χ4n) is 3.44. The van der Waals surface area contributed by atoms with Crippen LogP contribution in [0, 0.1) is 0 Å². The van der Waals surface area contributed by atoms with E-state index in [-0.39, 0.29) is 6.01 Å². The minimum atomic E-state index is 0.226. The van der Waals surface area contributed by atoms with Gasteiger partial charge in [-0.05, 0) is 61.4 Å². The summed E-state index contributed by atoms with van der Waals surface area (Å²) in [5, 5.41) is 6.36. The average Bonchev–Trinajstić information content (AvgIpc) is 3.52. The number of hydrogen-bond acceptors (Lipinski definition) is 9. The van der Waals surface area contributed by atoms with Crippen molar-refractivity contribution in [2.75, 3.05) is 17.2 Å². The van der Waals surface area contributed by atoms with Crippen molar-refractivity contribution in [3.05, 3.63) is 72.2 Å². The van der Waals surface area contributed by atoms with Gasteiger partial charge in [-0.3, -0.25) is 0 Å². The fraction of sp³-hybridized carbons (Fsp3) is 0.200. The standard InChI is InChI=1S/C25H24N6O3/c1-3-16-10-11-21-20(13-16)28-22(34-21)17-7-5-8-18(14-17)27-24-29-23(30-25(31-24)32-4-2)26-15-19-9-6-12-33-19/h5-14H,3-4,15H2,1-2H3,(H2,26,27,29,30,31). The predicted molar refractivity (Wildman–Crippen MR) is 129 cm³/mol. The summed E-state index contributed by atoms with van der Waals surface area (Å²) < 4.78 is 16.8. The Balaban J connectivity index is 1.39. The number of furan rings is 1. The van der Waals surface area contributed by atoms with Crippen molar-refractivity contribution in [3.63, 3.8) is 0 Å². The largest absolute Gasteiger partial charge is 0.467 e. The third-order valence-corrected chi connectivity index (χ3v) is 5.12. The molecule has 9 nitrogen and oxygen atoms in total. The molecule has 0 fully saturated rings. The van der Waals surface area contributed by atoms with E-state index in [1.54, 1.807) is 6.26 Å². The summed E-state index contributed by atoms with van der Waals surface area (Å²) in [5.41, 5.74) is 4.45. The maximum atomic E-state index is 5.98. The minimum absolute atomic E-state index is 0.226. The van der Waals surface area contributed by atoms with Crippen LogP contribution in [0.1, 0.15) is 25.2 Å². The van der Waals surface area contributed by atoms with Crippen molar-refractivity contribution in [1.29, 1.82) is 0 Å². The van der Waals surface area contributed by atoms with Crippen LogP contribution in [0.5, 0.6) is 6.01 Å². The fourth-order valence-corrected chi connectivity index (χ4v) is 3.44. The number of benzene rings is 2. The lowest BCUT2D eigenvalue weighted by atomic mass is 10.1. The monoisotopic (exact) mass is 456 g/mol. The van der Waals surface area contributed by atoms with E-state index in [2.05, 4.69) is 49.6 Å². The quantitative estimate of drug-likeness (QED) is 0.293. The number of nitrogens with zero attached hydrogens (tertiary/aromatic N) is 4. The molecule has 0 aliphatic carbocycles. The molecule has 9 heteroatoms. The first-order chi connectivity index (χ1) is 16.7. The molecule has 0 unspecified atom stereocenters. The Bertz CT molecular complexity index is 1400. The molecule has 0 amide bonds. The first kappa shape index (κ1) is 21.4. The highest BCUT2D eigenvalue weighted by Crippen LogP contribution is 2.28. The molecule has 0 spiro atoms. The smallest absolute Gasteiger partial charge is 0.323 e. The van der Waals surface area contributed by atoms with Crippen LogP contribution in [0.3, 0.4) is 0 Å². The van der Waals surface area contributed by atoms with Crippen molar-refractivity contribution in [2.24, 2.45) is 0 Å². The molecule has 0 saturated heterocycles. The molecule has 5 aromatic rings. The summed E-state index contributed by atoms with van der Waals surface area (Å²) >= 11 is 0. The molecule has 0 bridgehead atoms. The molecule has 5 rings (SSSR count). The molecule has 34 heavy (non-hydrogen) atoms. The Hall–Kier alpha value is -4.40. The van der Waals surface area contributed by atoms with Gasteiger partial charge in [-0.15, -0.1) is 0 Å². The second-order valence-electron chi connectivity index (χ2n) is 7.51. The number of hydrogen-bond donors (Lipinski definition) is 2. The van der Waals surface area contributed by atoms with E-state index in [4.69, 9.17) is 13.6 Å². The zero-order valence-electron chi connectivity index (χ0n) is 18.9. The summed E-state index contributed by atoms with van der Waals surface area (Å²) in [4.78, 5) is 17.8. The first-order valence-electron chi connectivity index (χ1n) is 11.1. The zero-order valence-corrected chi connectivity index (χ0v) is 18.9. The van der Waals surface area contributed by atoms with Gasteiger partial charge >= 0.3 is 6.01 Å². The third kappa shape index (κ3) is 4.83. The maximum absolute atomic E-state index is 5.98. The van der Waals surface area contributed by atoms with E-state index in [1.807, 2.05) is 49.4 Å². The van der Waals surface area contributed by atoms with Gasteiger partial charge in [0.25, 0.3) is 0 Å². The van der Waals surface area contributed by atoms with Crippen molar-refractivity contribution in [2.45, 2.75) is 26.8 Å². The molecule has 2 N–H and O–H groups in total. The number of oxazole rings is 1. The van der Waals surface area contributed by atoms with Gasteiger partial charge in [-0.25, -0.2) is 4.98 Å². The lowest BCUT2D eigenvalue weighted by molar-refractivity contribution is 0.312. The van der Waals surface area contributed by atoms with E-state index in [0.717, 1.165) is 34.5 Å². The third-order valence-electron chi connectivity index (χ3n) is 5.12. The van der Waals surface area contributed by atoms with Gasteiger partial charge in [-0.2, -0.15) is 15.0 Å². The number of nitrogens with one attached hydrogen (secondary N) is 2. The van der Waals surface area contributed by atoms with Crippen LogP contribution >= 0.6 is 0 Å². The van der Waals surface area contributed by atoms with Gasteiger partial charge in [-0.1, -0.05) is 19.1 Å². The Morgan fingerprint density at radius 3 is 2.65 bits per heavy atom. The number of rotatable bonds is 9. The van der Waals surface area contributed by atoms with Crippen LogP contribution < -0.4 is 15.4 Å². The summed E-state index contributed by atoms with van der Waals surface area (Å²) in [6.07, 6.45) is 2.57. The molecular weight excluding hydrogens is 432 g/mol. The lowest BCUT2D eigenvalue weighted by Crippen LogP contribution is -2.09. The molecule has 3 heterocycles. The van der Waals surface area contributed by atoms with Gasteiger partial charge in [0.1, 0.15) is 11.3 Å². The van der Waals surface area contributed by atoms with Crippen LogP contribution in [0.25, 0.3) is 22.6 Å². The highest BCUT2D eigenvalue weighted by Gasteiger charge is 2.12. The second-order valence-corrected chi connectivity index (χ2v) is 7.51. The van der Waals surface area contributed by atoms with Gasteiger partial charge in [0.2, 0.25) is 17.8 Å². The first-order valence-corrected chi connectivity index (χ1v) is 11.1. The molecule has 2 aromatic carbocycles. The molecule has 3 aromatic heterocycles. The van der Waals surface area contributed by atoms with Gasteiger partial charge < -0.3 is 24.2 Å². The Morgan fingerprint density at radius 1 is 0.912 bits per heavy atom. The molecule has 172 valence electrons. The molecule has 0 atom stereocenters.